The molecule has 0 spiro atoms. The van der Waals surface area contributed by atoms with Crippen molar-refractivity contribution in [2.75, 3.05) is 0 Å². The minimum Gasteiger partial charge on any atom is -0.480 e. The van der Waals surface area contributed by atoms with Crippen molar-refractivity contribution in [2.45, 2.75) is 25.3 Å². The van der Waals surface area contributed by atoms with Gasteiger partial charge < -0.3 is 5.11 Å². The molecule has 4 nitrogen and oxygen atoms in total. The predicted octanol–water partition coefficient (Wildman–Crippen LogP) is 3.67. The number of fused-ring (bicyclic) bond motifs is 1. The molecule has 0 aliphatic heterocycles. The van der Waals surface area contributed by atoms with Gasteiger partial charge in [-0.05, 0) is 24.5 Å². The van der Waals surface area contributed by atoms with Gasteiger partial charge in [-0.1, -0.05) is 54.3 Å². The lowest BCUT2D eigenvalue weighted by Gasteiger charge is -2.12. The average molecular weight is 330 g/mol. The van der Waals surface area contributed by atoms with Gasteiger partial charge in [0, 0.05) is 23.9 Å². The lowest BCUT2D eigenvalue weighted by atomic mass is 10.1. The molecule has 2 aromatic carbocycles. The Labute approximate surface area is 146 Å². The Bertz CT molecular complexity index is 975. The summed E-state index contributed by atoms with van der Waals surface area (Å²) < 4.78 is 1.56. The van der Waals surface area contributed by atoms with E-state index < -0.39 is 12.0 Å². The molecular formula is C21H18N2O2. The average Bonchev–Trinajstić information content (AvgIpc) is 3.35. The molecule has 124 valence electrons. The van der Waals surface area contributed by atoms with Crippen molar-refractivity contribution in [3.63, 3.8) is 0 Å². The lowest BCUT2D eigenvalue weighted by Crippen LogP contribution is -2.21. The van der Waals surface area contributed by atoms with Crippen molar-refractivity contribution in [2.24, 2.45) is 5.92 Å². The van der Waals surface area contributed by atoms with Gasteiger partial charge in [-0.3, -0.25) is 4.68 Å². The first-order valence-electron chi connectivity index (χ1n) is 8.47. The molecule has 0 bridgehead atoms. The number of hydrogen-bond acceptors (Lipinski definition) is 2. The van der Waals surface area contributed by atoms with Gasteiger partial charge in [0.1, 0.15) is 5.52 Å². The largest absolute Gasteiger partial charge is 0.480 e. The Kier molecular flexibility index (Phi) is 3.99. The van der Waals surface area contributed by atoms with Gasteiger partial charge >= 0.3 is 5.97 Å². The Balaban J connectivity index is 1.70. The number of carboxylic acids is 1. The summed E-state index contributed by atoms with van der Waals surface area (Å²) in [7, 11) is 0. The number of benzene rings is 2. The summed E-state index contributed by atoms with van der Waals surface area (Å²) in [5.74, 6) is 6.09. The normalized spacial score (nSPS) is 14.7. The number of aliphatic carboxylic acids is 1. The number of nitrogens with zero attached hydrogens (tertiary/aromatic N) is 2. The van der Waals surface area contributed by atoms with Crippen LogP contribution >= 0.6 is 0 Å². The third-order valence-corrected chi connectivity index (χ3v) is 4.42. The molecule has 1 aliphatic carbocycles. The number of rotatable bonds is 4. The van der Waals surface area contributed by atoms with Crippen LogP contribution in [0.4, 0.5) is 0 Å². The van der Waals surface area contributed by atoms with Crippen molar-refractivity contribution >= 4 is 16.9 Å². The molecule has 0 amide bonds. The molecule has 1 saturated carbocycles. The van der Waals surface area contributed by atoms with E-state index in [0.29, 0.717) is 12.3 Å². The van der Waals surface area contributed by atoms with Gasteiger partial charge in [0.2, 0.25) is 0 Å². The van der Waals surface area contributed by atoms with Crippen molar-refractivity contribution in [1.29, 1.82) is 0 Å². The van der Waals surface area contributed by atoms with E-state index in [2.05, 4.69) is 16.9 Å². The van der Waals surface area contributed by atoms with Crippen LogP contribution in [-0.2, 0) is 11.2 Å². The molecule has 25 heavy (non-hydrogen) atoms. The Morgan fingerprint density at radius 1 is 1.20 bits per heavy atom. The van der Waals surface area contributed by atoms with Crippen LogP contribution in [0.15, 0.2) is 54.7 Å². The van der Waals surface area contributed by atoms with E-state index in [9.17, 15) is 9.90 Å². The topological polar surface area (TPSA) is 55.1 Å². The van der Waals surface area contributed by atoms with Crippen LogP contribution in [0.1, 0.15) is 30.0 Å². The monoisotopic (exact) mass is 330 g/mol. The van der Waals surface area contributed by atoms with Gasteiger partial charge in [0.25, 0.3) is 0 Å². The summed E-state index contributed by atoms with van der Waals surface area (Å²) in [6.45, 7) is 0. The standard InChI is InChI=1S/C21H18N2O2/c24-21(25)19(13-16-5-2-1-3-6-16)23-14-18-8-4-7-17(20(18)22-23)12-11-15-9-10-15/h1-8,14-15,19H,9-10,13H2,(H,24,25). The van der Waals surface area contributed by atoms with E-state index in [1.165, 1.54) is 12.8 Å². The van der Waals surface area contributed by atoms with Gasteiger partial charge in [-0.2, -0.15) is 5.10 Å². The van der Waals surface area contributed by atoms with E-state index in [-0.39, 0.29) is 0 Å². The maximum Gasteiger partial charge on any atom is 0.328 e. The molecule has 1 atom stereocenters. The Morgan fingerprint density at radius 3 is 2.72 bits per heavy atom. The third kappa shape index (κ3) is 3.41. The van der Waals surface area contributed by atoms with Gasteiger partial charge in [-0.25, -0.2) is 4.79 Å². The SMILES string of the molecule is O=C(O)C(Cc1ccccc1)n1cc2cccc(C#CC3CC3)c2n1. The van der Waals surface area contributed by atoms with E-state index in [1.807, 2.05) is 48.5 Å². The molecule has 1 heterocycles. The van der Waals surface area contributed by atoms with Crippen molar-refractivity contribution in [1.82, 2.24) is 9.78 Å². The van der Waals surface area contributed by atoms with Crippen LogP contribution in [0.5, 0.6) is 0 Å². The first kappa shape index (κ1) is 15.5. The molecule has 1 fully saturated rings. The van der Waals surface area contributed by atoms with Crippen molar-refractivity contribution < 1.29 is 9.90 Å². The van der Waals surface area contributed by atoms with E-state index >= 15 is 0 Å². The summed E-state index contributed by atoms with van der Waals surface area (Å²) >= 11 is 0. The molecule has 1 aliphatic rings. The third-order valence-electron chi connectivity index (χ3n) is 4.42. The van der Waals surface area contributed by atoms with Crippen molar-refractivity contribution in [3.8, 4) is 11.8 Å². The number of aromatic nitrogens is 2. The Morgan fingerprint density at radius 2 is 2.00 bits per heavy atom. The zero-order chi connectivity index (χ0) is 17.2. The van der Waals surface area contributed by atoms with Gasteiger partial charge in [0.15, 0.2) is 6.04 Å². The highest BCUT2D eigenvalue weighted by molar-refractivity contribution is 5.85. The molecule has 4 heteroatoms. The predicted molar refractivity (Wildman–Crippen MR) is 96.2 cm³/mol. The highest BCUT2D eigenvalue weighted by Crippen LogP contribution is 2.28. The molecule has 1 aromatic heterocycles. The number of carboxylic acid groups (broad SMARTS) is 1. The molecule has 0 radical (unpaired) electrons. The maximum atomic E-state index is 11.8. The smallest absolute Gasteiger partial charge is 0.328 e. The van der Waals surface area contributed by atoms with Crippen molar-refractivity contribution in [3.05, 3.63) is 65.9 Å². The van der Waals surface area contributed by atoms with Crippen LogP contribution in [0.3, 0.4) is 0 Å². The van der Waals surface area contributed by atoms with Crippen LogP contribution < -0.4 is 0 Å². The van der Waals surface area contributed by atoms with Gasteiger partial charge in [-0.15, -0.1) is 0 Å². The van der Waals surface area contributed by atoms with E-state index in [4.69, 9.17) is 0 Å². The summed E-state index contributed by atoms with van der Waals surface area (Å²) in [5, 5.41) is 15.2. The Hall–Kier alpha value is -3.06. The molecule has 0 saturated heterocycles. The zero-order valence-corrected chi connectivity index (χ0v) is 13.7. The first-order chi connectivity index (χ1) is 12.2. The fraction of sp³-hybridized carbons (Fsp3) is 0.238. The second-order valence-electron chi connectivity index (χ2n) is 6.44. The molecule has 4 rings (SSSR count). The second-order valence-corrected chi connectivity index (χ2v) is 6.44. The molecule has 1 N–H and O–H groups in total. The van der Waals surface area contributed by atoms with Crippen LogP contribution in [-0.4, -0.2) is 20.9 Å². The zero-order valence-electron chi connectivity index (χ0n) is 13.7. The summed E-state index contributed by atoms with van der Waals surface area (Å²) in [5.41, 5.74) is 2.62. The highest BCUT2D eigenvalue weighted by Gasteiger charge is 2.22. The second kappa shape index (κ2) is 6.45. The highest BCUT2D eigenvalue weighted by atomic mass is 16.4. The molecule has 1 unspecified atom stereocenters. The lowest BCUT2D eigenvalue weighted by molar-refractivity contribution is -0.141. The number of hydrogen-bond donors (Lipinski definition) is 1. The minimum absolute atomic E-state index is 0.396. The fourth-order valence-corrected chi connectivity index (χ4v) is 2.86. The molecule has 3 aromatic rings. The van der Waals surface area contributed by atoms with Crippen LogP contribution in [0.25, 0.3) is 10.9 Å². The minimum atomic E-state index is -0.887. The van der Waals surface area contributed by atoms with Gasteiger partial charge in [0.05, 0.1) is 5.56 Å². The summed E-state index contributed by atoms with van der Waals surface area (Å²) in [6.07, 6.45) is 4.55. The summed E-state index contributed by atoms with van der Waals surface area (Å²) in [4.78, 5) is 11.8. The molecular weight excluding hydrogens is 312 g/mol. The maximum absolute atomic E-state index is 11.8. The fourth-order valence-electron chi connectivity index (χ4n) is 2.86. The van der Waals surface area contributed by atoms with E-state index in [0.717, 1.165) is 22.0 Å². The van der Waals surface area contributed by atoms with Crippen LogP contribution in [0.2, 0.25) is 0 Å². The van der Waals surface area contributed by atoms with E-state index in [1.54, 1.807) is 10.9 Å². The first-order valence-corrected chi connectivity index (χ1v) is 8.47. The summed E-state index contributed by atoms with van der Waals surface area (Å²) in [6, 6.07) is 14.7. The number of carbonyl (C=O) groups is 1. The van der Waals surface area contributed by atoms with Crippen LogP contribution in [0, 0.1) is 17.8 Å². The quantitative estimate of drug-likeness (QED) is 0.743.